The minimum Gasteiger partial charge on any atom is -0.493 e. The van der Waals surface area contributed by atoms with E-state index in [9.17, 15) is 14.7 Å². The molecule has 0 spiro atoms. The fourth-order valence-corrected chi connectivity index (χ4v) is 3.99. The molecule has 1 amide bonds. The zero-order valence-corrected chi connectivity index (χ0v) is 15.9. The van der Waals surface area contributed by atoms with Crippen molar-refractivity contribution < 1.29 is 28.9 Å². The first-order chi connectivity index (χ1) is 13.0. The molecule has 148 valence electrons. The predicted octanol–water partition coefficient (Wildman–Crippen LogP) is 2.56. The first-order valence-corrected chi connectivity index (χ1v) is 9.41. The molecule has 2 aliphatic heterocycles. The molecule has 2 atom stereocenters. The van der Waals surface area contributed by atoms with Gasteiger partial charge in [-0.1, -0.05) is 0 Å². The minimum absolute atomic E-state index is 0.0476. The Balaban J connectivity index is 1.87. The standard InChI is InChI=1S/C20H27NO6/c1-25-17-9-13-6-7-21(19(22)10-14-5-3-4-8-27-14)16(12-20(23)24)15(13)11-18(17)26-2/h9,11,14,16H,3-8,10,12H2,1-2H3,(H,23,24). The summed E-state index contributed by atoms with van der Waals surface area (Å²) in [6, 6.07) is 3.18. The lowest BCUT2D eigenvalue weighted by Crippen LogP contribution is -2.42. The third-order valence-corrected chi connectivity index (χ3v) is 5.37. The number of carbonyl (C=O) groups is 2. The Morgan fingerprint density at radius 3 is 2.56 bits per heavy atom. The normalized spacial score (nSPS) is 22.1. The summed E-state index contributed by atoms with van der Waals surface area (Å²) in [7, 11) is 3.12. The zero-order valence-electron chi connectivity index (χ0n) is 15.9. The number of carboxylic acid groups (broad SMARTS) is 1. The van der Waals surface area contributed by atoms with Gasteiger partial charge in [0.05, 0.1) is 39.2 Å². The maximum Gasteiger partial charge on any atom is 0.305 e. The number of hydrogen-bond donors (Lipinski definition) is 1. The molecule has 1 aromatic rings. The molecule has 0 radical (unpaired) electrons. The van der Waals surface area contributed by atoms with Crippen LogP contribution in [-0.2, 0) is 20.7 Å². The lowest BCUT2D eigenvalue weighted by Gasteiger charge is -2.38. The van der Waals surface area contributed by atoms with Gasteiger partial charge in [0.15, 0.2) is 11.5 Å². The highest BCUT2D eigenvalue weighted by atomic mass is 16.5. The molecule has 7 heteroatoms. The van der Waals surface area contributed by atoms with Crippen LogP contribution in [0.5, 0.6) is 11.5 Å². The number of benzene rings is 1. The number of methoxy groups -OCH3 is 2. The van der Waals surface area contributed by atoms with E-state index in [0.29, 0.717) is 37.5 Å². The van der Waals surface area contributed by atoms with Gasteiger partial charge in [0, 0.05) is 13.2 Å². The van der Waals surface area contributed by atoms with Crippen molar-refractivity contribution in [2.24, 2.45) is 0 Å². The molecule has 3 rings (SSSR count). The van der Waals surface area contributed by atoms with Crippen molar-refractivity contribution in [3.63, 3.8) is 0 Å². The fourth-order valence-electron chi connectivity index (χ4n) is 3.99. The highest BCUT2D eigenvalue weighted by Gasteiger charge is 2.34. The van der Waals surface area contributed by atoms with E-state index >= 15 is 0 Å². The number of hydrogen-bond acceptors (Lipinski definition) is 5. The number of ether oxygens (including phenoxy) is 3. The smallest absolute Gasteiger partial charge is 0.305 e. The van der Waals surface area contributed by atoms with Gasteiger partial charge in [-0.3, -0.25) is 9.59 Å². The third-order valence-electron chi connectivity index (χ3n) is 5.37. The molecule has 27 heavy (non-hydrogen) atoms. The second-order valence-electron chi connectivity index (χ2n) is 7.05. The number of rotatable bonds is 6. The van der Waals surface area contributed by atoms with E-state index in [1.807, 2.05) is 6.07 Å². The van der Waals surface area contributed by atoms with Crippen LogP contribution in [0.4, 0.5) is 0 Å². The molecule has 1 N–H and O–H groups in total. The average molecular weight is 377 g/mol. The van der Waals surface area contributed by atoms with Gasteiger partial charge in [-0.05, 0) is 48.9 Å². The summed E-state index contributed by atoms with van der Waals surface area (Å²) < 4.78 is 16.4. The van der Waals surface area contributed by atoms with Crippen LogP contribution in [0.1, 0.15) is 49.3 Å². The highest BCUT2D eigenvalue weighted by Crippen LogP contribution is 2.40. The highest BCUT2D eigenvalue weighted by molar-refractivity contribution is 5.79. The Morgan fingerprint density at radius 2 is 1.93 bits per heavy atom. The molecular formula is C20H27NO6. The van der Waals surface area contributed by atoms with Gasteiger partial charge in [-0.25, -0.2) is 0 Å². The third kappa shape index (κ3) is 4.35. The molecule has 2 aliphatic rings. The van der Waals surface area contributed by atoms with Gasteiger partial charge in [-0.2, -0.15) is 0 Å². The van der Waals surface area contributed by atoms with Crippen LogP contribution in [-0.4, -0.2) is 55.4 Å². The maximum absolute atomic E-state index is 12.9. The lowest BCUT2D eigenvalue weighted by atomic mass is 9.89. The predicted molar refractivity (Wildman–Crippen MR) is 98.2 cm³/mol. The summed E-state index contributed by atoms with van der Waals surface area (Å²) in [5, 5.41) is 9.42. The van der Waals surface area contributed by atoms with Gasteiger partial charge in [0.2, 0.25) is 5.91 Å². The van der Waals surface area contributed by atoms with Crippen molar-refractivity contribution >= 4 is 11.9 Å². The van der Waals surface area contributed by atoms with Crippen molar-refractivity contribution in [3.05, 3.63) is 23.3 Å². The molecule has 1 fully saturated rings. The lowest BCUT2D eigenvalue weighted by molar-refractivity contribution is -0.143. The minimum atomic E-state index is -0.936. The largest absolute Gasteiger partial charge is 0.493 e. The molecule has 0 aliphatic carbocycles. The molecule has 1 saturated heterocycles. The second-order valence-corrected chi connectivity index (χ2v) is 7.05. The van der Waals surface area contributed by atoms with Gasteiger partial charge in [0.1, 0.15) is 0 Å². The van der Waals surface area contributed by atoms with Crippen LogP contribution in [0, 0.1) is 0 Å². The summed E-state index contributed by atoms with van der Waals surface area (Å²) in [5.74, 6) is 0.167. The van der Waals surface area contributed by atoms with Crippen LogP contribution in [0.25, 0.3) is 0 Å². The average Bonchev–Trinajstić information content (AvgIpc) is 2.67. The summed E-state index contributed by atoms with van der Waals surface area (Å²) in [4.78, 5) is 26.1. The van der Waals surface area contributed by atoms with Gasteiger partial charge in [0.25, 0.3) is 0 Å². The monoisotopic (exact) mass is 377 g/mol. The van der Waals surface area contributed by atoms with Crippen molar-refractivity contribution in [2.75, 3.05) is 27.4 Å². The Hall–Kier alpha value is -2.28. The van der Waals surface area contributed by atoms with E-state index in [2.05, 4.69) is 0 Å². The first-order valence-electron chi connectivity index (χ1n) is 9.41. The molecule has 2 unspecified atom stereocenters. The van der Waals surface area contributed by atoms with Crippen molar-refractivity contribution in [3.8, 4) is 11.5 Å². The Kier molecular flexibility index (Phi) is 6.21. The molecule has 0 aromatic heterocycles. The molecule has 0 saturated carbocycles. The van der Waals surface area contributed by atoms with E-state index in [1.165, 1.54) is 0 Å². The van der Waals surface area contributed by atoms with E-state index in [1.54, 1.807) is 25.2 Å². The number of fused-ring (bicyclic) bond motifs is 1. The van der Waals surface area contributed by atoms with Crippen LogP contribution in [0.2, 0.25) is 0 Å². The quantitative estimate of drug-likeness (QED) is 0.820. The Labute approximate surface area is 159 Å². The molecule has 1 aromatic carbocycles. The number of aliphatic carboxylic acids is 1. The summed E-state index contributed by atoms with van der Waals surface area (Å²) in [5.41, 5.74) is 1.82. The number of carbonyl (C=O) groups excluding carboxylic acids is 1. The SMILES string of the molecule is COc1cc2c(cc1OC)C(CC(=O)O)N(C(=O)CC1CCCCO1)CC2. The van der Waals surface area contributed by atoms with Gasteiger partial charge < -0.3 is 24.2 Å². The maximum atomic E-state index is 12.9. The van der Waals surface area contributed by atoms with Gasteiger partial charge >= 0.3 is 5.97 Å². The number of amides is 1. The van der Waals surface area contributed by atoms with E-state index < -0.39 is 12.0 Å². The second kappa shape index (κ2) is 8.61. The Morgan fingerprint density at radius 1 is 1.19 bits per heavy atom. The summed E-state index contributed by atoms with van der Waals surface area (Å²) in [6.45, 7) is 1.18. The first kappa shape index (κ1) is 19.5. The van der Waals surface area contributed by atoms with Crippen molar-refractivity contribution in [2.45, 2.75) is 50.7 Å². The van der Waals surface area contributed by atoms with E-state index in [-0.39, 0.29) is 18.4 Å². The molecule has 7 nitrogen and oxygen atoms in total. The summed E-state index contributed by atoms with van der Waals surface area (Å²) >= 11 is 0. The fraction of sp³-hybridized carbons (Fsp3) is 0.600. The topological polar surface area (TPSA) is 85.3 Å². The van der Waals surface area contributed by atoms with Crippen LogP contribution < -0.4 is 9.47 Å². The van der Waals surface area contributed by atoms with Crippen LogP contribution >= 0.6 is 0 Å². The van der Waals surface area contributed by atoms with Gasteiger partial charge in [-0.15, -0.1) is 0 Å². The Bertz CT molecular complexity index is 698. The van der Waals surface area contributed by atoms with Crippen molar-refractivity contribution in [1.29, 1.82) is 0 Å². The van der Waals surface area contributed by atoms with E-state index in [4.69, 9.17) is 14.2 Å². The molecule has 2 heterocycles. The number of carboxylic acids is 1. The van der Waals surface area contributed by atoms with Crippen LogP contribution in [0.3, 0.4) is 0 Å². The van der Waals surface area contributed by atoms with Crippen LogP contribution in [0.15, 0.2) is 12.1 Å². The number of nitrogens with zero attached hydrogens (tertiary/aromatic N) is 1. The molecule has 0 bridgehead atoms. The summed E-state index contributed by atoms with van der Waals surface area (Å²) in [6.07, 6.45) is 3.73. The van der Waals surface area contributed by atoms with E-state index in [0.717, 1.165) is 30.4 Å². The van der Waals surface area contributed by atoms with Crippen molar-refractivity contribution in [1.82, 2.24) is 4.90 Å². The molecular weight excluding hydrogens is 350 g/mol. The zero-order chi connectivity index (χ0) is 19.4.